The van der Waals surface area contributed by atoms with Crippen LogP contribution in [0.4, 0.5) is 4.39 Å². The van der Waals surface area contributed by atoms with Crippen LogP contribution >= 0.6 is 0 Å². The molecule has 0 atom stereocenters. The quantitative estimate of drug-likeness (QED) is 0.941. The third-order valence-corrected chi connectivity index (χ3v) is 4.54. The molecule has 2 rings (SSSR count). The van der Waals surface area contributed by atoms with Gasteiger partial charge in [0.05, 0.1) is 10.6 Å². The minimum atomic E-state index is -3.57. The van der Waals surface area contributed by atoms with Gasteiger partial charge in [0.25, 0.3) is 0 Å². The first kappa shape index (κ1) is 14.3. The van der Waals surface area contributed by atoms with Crippen molar-refractivity contribution in [2.45, 2.75) is 10.6 Å². The molecule has 5 heteroatoms. The molecule has 3 nitrogen and oxygen atoms in total. The molecule has 2 aromatic carbocycles. The number of phenols is 1. The molecular weight excluding hydrogens is 279 g/mol. The van der Waals surface area contributed by atoms with Crippen molar-refractivity contribution in [2.24, 2.45) is 0 Å². The Morgan fingerprint density at radius 2 is 1.80 bits per heavy atom. The van der Waals surface area contributed by atoms with E-state index in [0.29, 0.717) is 11.1 Å². The zero-order chi connectivity index (χ0) is 14.8. The molecule has 1 N–H and O–H groups in total. The van der Waals surface area contributed by atoms with Gasteiger partial charge in [-0.2, -0.15) is 0 Å². The van der Waals surface area contributed by atoms with Crippen LogP contribution in [0.2, 0.25) is 0 Å². The lowest BCUT2D eigenvalue weighted by Gasteiger charge is -2.06. The maximum Gasteiger partial charge on any atom is 0.182 e. The first-order valence-corrected chi connectivity index (χ1v) is 7.50. The van der Waals surface area contributed by atoms with Crippen LogP contribution in [0.3, 0.4) is 0 Å². The summed E-state index contributed by atoms with van der Waals surface area (Å²) < 4.78 is 37.9. The molecule has 2 aromatic rings. The van der Waals surface area contributed by atoms with Crippen molar-refractivity contribution in [3.63, 3.8) is 0 Å². The molecule has 0 saturated carbocycles. The maximum absolute atomic E-state index is 13.6. The molecule has 0 bridgehead atoms. The van der Waals surface area contributed by atoms with Crippen LogP contribution < -0.4 is 0 Å². The average Bonchev–Trinajstić information content (AvgIpc) is 2.39. The van der Waals surface area contributed by atoms with E-state index in [1.165, 1.54) is 42.5 Å². The Balaban J connectivity index is 2.30. The zero-order valence-electron chi connectivity index (χ0n) is 10.6. The molecule has 0 heterocycles. The Morgan fingerprint density at radius 3 is 2.35 bits per heavy atom. The molecule has 0 saturated heterocycles. The Kier molecular flexibility index (Phi) is 3.90. The summed E-state index contributed by atoms with van der Waals surface area (Å²) in [4.78, 5) is 0.0866. The number of rotatable bonds is 4. The zero-order valence-corrected chi connectivity index (χ0v) is 11.4. The van der Waals surface area contributed by atoms with Crippen molar-refractivity contribution in [1.82, 2.24) is 0 Å². The van der Waals surface area contributed by atoms with Crippen LogP contribution in [0.25, 0.3) is 6.08 Å². The summed E-state index contributed by atoms with van der Waals surface area (Å²) in [5.74, 6) is -0.810. The van der Waals surface area contributed by atoms with Gasteiger partial charge in [0.1, 0.15) is 11.6 Å². The lowest BCUT2D eigenvalue weighted by Crippen LogP contribution is -2.05. The van der Waals surface area contributed by atoms with Crippen LogP contribution in [-0.2, 0) is 15.6 Å². The van der Waals surface area contributed by atoms with E-state index in [9.17, 15) is 12.8 Å². The van der Waals surface area contributed by atoms with Crippen LogP contribution in [0.15, 0.2) is 53.9 Å². The summed E-state index contributed by atoms with van der Waals surface area (Å²) in [6.07, 6.45) is 1.37. The van der Waals surface area contributed by atoms with Gasteiger partial charge >= 0.3 is 0 Å². The minimum Gasteiger partial charge on any atom is -0.508 e. The second-order valence-corrected chi connectivity index (χ2v) is 6.30. The standard InChI is InChI=1S/C15H13FO3S/c1-2-12-4-3-11(9-15(12)16)10-20(18,19)14-7-5-13(17)6-8-14/h2-9,17H,1,10H2. The summed E-state index contributed by atoms with van der Waals surface area (Å²) >= 11 is 0. The molecule has 0 aromatic heterocycles. The van der Waals surface area contributed by atoms with Gasteiger partial charge in [-0.25, -0.2) is 12.8 Å². The van der Waals surface area contributed by atoms with Gasteiger partial charge in [-0.1, -0.05) is 24.8 Å². The summed E-state index contributed by atoms with van der Waals surface area (Å²) in [6.45, 7) is 3.47. The van der Waals surface area contributed by atoms with Crippen molar-refractivity contribution in [2.75, 3.05) is 0 Å². The normalized spacial score (nSPS) is 11.2. The highest BCUT2D eigenvalue weighted by Gasteiger charge is 2.16. The lowest BCUT2D eigenvalue weighted by molar-refractivity contribution is 0.475. The number of aromatic hydroxyl groups is 1. The summed E-state index contributed by atoms with van der Waals surface area (Å²) in [5, 5.41) is 9.15. The number of hydrogen-bond acceptors (Lipinski definition) is 3. The second kappa shape index (κ2) is 5.46. The lowest BCUT2D eigenvalue weighted by atomic mass is 10.1. The topological polar surface area (TPSA) is 54.4 Å². The number of hydrogen-bond donors (Lipinski definition) is 1. The van der Waals surface area contributed by atoms with Crippen LogP contribution in [-0.4, -0.2) is 13.5 Å². The number of phenolic OH excluding ortho intramolecular Hbond substituents is 1. The van der Waals surface area contributed by atoms with Crippen molar-refractivity contribution in [3.8, 4) is 5.75 Å². The van der Waals surface area contributed by atoms with E-state index in [-0.39, 0.29) is 16.4 Å². The molecule has 0 radical (unpaired) electrons. The monoisotopic (exact) mass is 292 g/mol. The molecule has 0 fully saturated rings. The Morgan fingerprint density at radius 1 is 1.15 bits per heavy atom. The Hall–Kier alpha value is -2.14. The first-order valence-electron chi connectivity index (χ1n) is 5.85. The van der Waals surface area contributed by atoms with Gasteiger partial charge in [0.15, 0.2) is 9.84 Å². The molecule has 0 amide bonds. The van der Waals surface area contributed by atoms with Gasteiger partial charge in [0, 0.05) is 5.56 Å². The predicted octanol–water partition coefficient (Wildman–Crippen LogP) is 3.15. The summed E-state index contributed by atoms with van der Waals surface area (Å²) in [6, 6.07) is 9.47. The van der Waals surface area contributed by atoms with Gasteiger partial charge in [-0.15, -0.1) is 0 Å². The third-order valence-electron chi connectivity index (χ3n) is 2.84. The third kappa shape index (κ3) is 3.05. The molecule has 0 aliphatic heterocycles. The highest BCUT2D eigenvalue weighted by Crippen LogP contribution is 2.20. The largest absolute Gasteiger partial charge is 0.508 e. The van der Waals surface area contributed by atoms with E-state index < -0.39 is 15.7 Å². The van der Waals surface area contributed by atoms with Gasteiger partial charge in [-0.05, 0) is 35.9 Å². The fraction of sp³-hybridized carbons (Fsp3) is 0.0667. The second-order valence-electron chi connectivity index (χ2n) is 4.31. The van der Waals surface area contributed by atoms with E-state index in [4.69, 9.17) is 5.11 Å². The van der Waals surface area contributed by atoms with Crippen LogP contribution in [0.1, 0.15) is 11.1 Å². The predicted molar refractivity (Wildman–Crippen MR) is 75.5 cm³/mol. The Bertz CT molecular complexity index is 734. The smallest absolute Gasteiger partial charge is 0.182 e. The number of halogens is 1. The first-order chi connectivity index (χ1) is 9.42. The number of sulfone groups is 1. The highest BCUT2D eigenvalue weighted by molar-refractivity contribution is 7.90. The SMILES string of the molecule is C=Cc1ccc(CS(=O)(=O)c2ccc(O)cc2)cc1F. The fourth-order valence-electron chi connectivity index (χ4n) is 1.78. The molecule has 0 unspecified atom stereocenters. The molecule has 0 spiro atoms. The Labute approximate surface area is 116 Å². The van der Waals surface area contributed by atoms with E-state index in [2.05, 4.69) is 6.58 Å². The summed E-state index contributed by atoms with van der Waals surface area (Å²) in [7, 11) is -3.57. The summed E-state index contributed by atoms with van der Waals surface area (Å²) in [5.41, 5.74) is 0.692. The van der Waals surface area contributed by atoms with Crippen molar-refractivity contribution in [3.05, 3.63) is 66.0 Å². The van der Waals surface area contributed by atoms with Crippen LogP contribution in [0.5, 0.6) is 5.75 Å². The molecular formula is C15H13FO3S. The van der Waals surface area contributed by atoms with Crippen molar-refractivity contribution in [1.29, 1.82) is 0 Å². The number of benzene rings is 2. The van der Waals surface area contributed by atoms with Gasteiger partial charge < -0.3 is 5.11 Å². The van der Waals surface area contributed by atoms with E-state index in [0.717, 1.165) is 0 Å². The van der Waals surface area contributed by atoms with Crippen molar-refractivity contribution >= 4 is 15.9 Å². The highest BCUT2D eigenvalue weighted by atomic mass is 32.2. The average molecular weight is 292 g/mol. The molecule has 104 valence electrons. The maximum atomic E-state index is 13.6. The van der Waals surface area contributed by atoms with Gasteiger partial charge in [-0.3, -0.25) is 0 Å². The van der Waals surface area contributed by atoms with Crippen molar-refractivity contribution < 1.29 is 17.9 Å². The van der Waals surface area contributed by atoms with E-state index in [1.54, 1.807) is 6.07 Å². The van der Waals surface area contributed by atoms with Gasteiger partial charge in [0.2, 0.25) is 0 Å². The van der Waals surface area contributed by atoms with E-state index in [1.807, 2.05) is 0 Å². The molecule has 0 aliphatic carbocycles. The molecule has 20 heavy (non-hydrogen) atoms. The molecule has 0 aliphatic rings. The van der Waals surface area contributed by atoms with E-state index >= 15 is 0 Å². The fourth-order valence-corrected chi connectivity index (χ4v) is 3.12. The van der Waals surface area contributed by atoms with Crippen LogP contribution in [0, 0.1) is 5.82 Å². The minimum absolute atomic E-state index is 0.00895.